The number of alkyl carbamates (subject to hydrolysis) is 1. The Morgan fingerprint density at radius 2 is 1.70 bits per heavy atom. The van der Waals surface area contributed by atoms with E-state index in [1.807, 2.05) is 42.5 Å². The second kappa shape index (κ2) is 15.6. The van der Waals surface area contributed by atoms with Crippen LogP contribution < -0.4 is 15.4 Å². The molecular formula is C31H37N3O5S. The monoisotopic (exact) mass is 563 g/mol. The fourth-order valence-corrected chi connectivity index (χ4v) is 4.27. The molecule has 3 aromatic rings. The van der Waals surface area contributed by atoms with Crippen molar-refractivity contribution in [2.75, 3.05) is 19.7 Å². The topological polar surface area (TPSA) is 110 Å². The Morgan fingerprint density at radius 1 is 0.975 bits per heavy atom. The SMILES string of the molecule is CC(C)(C)OC(=O)NCCCNC(=O)/C=C/c1nc(CSc2ccc(O)cc2)ccc1OCCc1ccccc1. The number of aromatic nitrogens is 1. The van der Waals surface area contributed by atoms with Gasteiger partial charge in [0.1, 0.15) is 22.8 Å². The summed E-state index contributed by atoms with van der Waals surface area (Å²) < 4.78 is 11.2. The van der Waals surface area contributed by atoms with Crippen molar-refractivity contribution < 1.29 is 24.2 Å². The van der Waals surface area contributed by atoms with Crippen molar-refractivity contribution in [2.45, 2.75) is 49.9 Å². The van der Waals surface area contributed by atoms with Gasteiger partial charge in [-0.1, -0.05) is 30.3 Å². The minimum Gasteiger partial charge on any atom is -0.508 e. The maximum atomic E-state index is 12.4. The van der Waals surface area contributed by atoms with Gasteiger partial charge in [0.05, 0.1) is 12.3 Å². The molecule has 3 rings (SSSR count). The van der Waals surface area contributed by atoms with Crippen molar-refractivity contribution in [3.05, 3.63) is 89.8 Å². The molecule has 0 bridgehead atoms. The van der Waals surface area contributed by atoms with E-state index in [1.165, 1.54) is 11.6 Å². The zero-order chi connectivity index (χ0) is 28.8. The van der Waals surface area contributed by atoms with Crippen LogP contribution in [0, 0.1) is 0 Å². The molecule has 0 aliphatic rings. The first kappa shape index (κ1) is 30.6. The summed E-state index contributed by atoms with van der Waals surface area (Å²) in [4.78, 5) is 29.9. The van der Waals surface area contributed by atoms with Gasteiger partial charge in [0.15, 0.2) is 0 Å². The van der Waals surface area contributed by atoms with E-state index in [-0.39, 0.29) is 11.7 Å². The van der Waals surface area contributed by atoms with Crippen LogP contribution in [-0.4, -0.2) is 47.4 Å². The highest BCUT2D eigenvalue weighted by molar-refractivity contribution is 7.98. The first-order chi connectivity index (χ1) is 19.2. The van der Waals surface area contributed by atoms with Gasteiger partial charge < -0.3 is 25.2 Å². The lowest BCUT2D eigenvalue weighted by Gasteiger charge is -2.19. The molecule has 0 spiro atoms. The Labute approximate surface area is 240 Å². The van der Waals surface area contributed by atoms with Crippen molar-refractivity contribution in [2.24, 2.45) is 0 Å². The number of amides is 2. The summed E-state index contributed by atoms with van der Waals surface area (Å²) in [6.45, 7) is 6.68. The minimum atomic E-state index is -0.553. The van der Waals surface area contributed by atoms with Gasteiger partial charge in [-0.05, 0) is 75.2 Å². The molecule has 2 amide bonds. The summed E-state index contributed by atoms with van der Waals surface area (Å²) in [5.41, 5.74) is 2.03. The molecule has 0 atom stereocenters. The minimum absolute atomic E-state index is 0.226. The number of aromatic hydroxyl groups is 1. The third-order valence-corrected chi connectivity index (χ3v) is 6.42. The second-order valence-electron chi connectivity index (χ2n) is 9.96. The van der Waals surface area contributed by atoms with Crippen LogP contribution in [0.25, 0.3) is 6.08 Å². The van der Waals surface area contributed by atoms with E-state index in [4.69, 9.17) is 14.5 Å². The number of phenols is 1. The second-order valence-corrected chi connectivity index (χ2v) is 11.0. The standard InChI is InChI=1S/C31H37N3O5S/c1-31(2,3)39-30(37)33-20-7-19-32-29(36)17-15-27-28(38-21-18-23-8-5-4-6-9-23)16-10-24(34-27)22-40-26-13-11-25(35)12-14-26/h4-6,8-17,35H,7,18-22H2,1-3H3,(H,32,36)(H,33,37)/b17-15+. The number of carbonyl (C=O) groups is 2. The molecule has 2 aromatic carbocycles. The number of thioether (sulfide) groups is 1. The number of rotatable bonds is 13. The number of carbonyl (C=O) groups excluding carboxylic acids is 2. The molecule has 8 nitrogen and oxygen atoms in total. The number of hydrogen-bond acceptors (Lipinski definition) is 7. The predicted octanol–water partition coefficient (Wildman–Crippen LogP) is 5.75. The Balaban J connectivity index is 1.56. The maximum Gasteiger partial charge on any atom is 0.407 e. The van der Waals surface area contributed by atoms with E-state index < -0.39 is 11.7 Å². The van der Waals surface area contributed by atoms with Gasteiger partial charge in [0, 0.05) is 36.2 Å². The van der Waals surface area contributed by atoms with Gasteiger partial charge in [-0.25, -0.2) is 9.78 Å². The maximum absolute atomic E-state index is 12.4. The van der Waals surface area contributed by atoms with Gasteiger partial charge in [-0.2, -0.15) is 0 Å². The molecule has 9 heteroatoms. The highest BCUT2D eigenvalue weighted by Crippen LogP contribution is 2.26. The lowest BCUT2D eigenvalue weighted by atomic mass is 10.2. The van der Waals surface area contributed by atoms with Gasteiger partial charge in [-0.3, -0.25) is 4.79 Å². The number of benzene rings is 2. The number of nitrogens with one attached hydrogen (secondary N) is 2. The van der Waals surface area contributed by atoms with E-state index in [2.05, 4.69) is 22.8 Å². The highest BCUT2D eigenvalue weighted by Gasteiger charge is 2.15. The van der Waals surface area contributed by atoms with Gasteiger partial charge in [-0.15, -0.1) is 11.8 Å². The van der Waals surface area contributed by atoms with Crippen LogP contribution in [-0.2, 0) is 21.7 Å². The summed E-state index contributed by atoms with van der Waals surface area (Å²) in [7, 11) is 0. The Kier molecular flexibility index (Phi) is 11.9. The van der Waals surface area contributed by atoms with Crippen LogP contribution in [0.1, 0.15) is 44.1 Å². The molecule has 212 valence electrons. The Hall–Kier alpha value is -3.98. The molecule has 0 saturated carbocycles. The normalized spacial score (nSPS) is 11.3. The number of pyridine rings is 1. The van der Waals surface area contributed by atoms with E-state index in [0.29, 0.717) is 43.3 Å². The molecule has 0 radical (unpaired) electrons. The van der Waals surface area contributed by atoms with Crippen LogP contribution in [0.4, 0.5) is 4.79 Å². The average Bonchev–Trinajstić information content (AvgIpc) is 2.92. The summed E-state index contributed by atoms with van der Waals surface area (Å²) in [6, 6.07) is 20.9. The van der Waals surface area contributed by atoms with Crippen LogP contribution in [0.2, 0.25) is 0 Å². The average molecular weight is 564 g/mol. The molecule has 0 fully saturated rings. The van der Waals surface area contributed by atoms with Gasteiger partial charge >= 0.3 is 6.09 Å². The van der Waals surface area contributed by atoms with E-state index in [0.717, 1.165) is 17.0 Å². The number of ether oxygens (including phenoxy) is 2. The number of hydrogen-bond donors (Lipinski definition) is 3. The van der Waals surface area contributed by atoms with Crippen molar-refractivity contribution in [3.63, 3.8) is 0 Å². The van der Waals surface area contributed by atoms with Crippen LogP contribution in [0.5, 0.6) is 11.5 Å². The molecule has 0 saturated heterocycles. The van der Waals surface area contributed by atoms with Crippen LogP contribution in [0.15, 0.2) is 77.7 Å². The summed E-state index contributed by atoms with van der Waals surface area (Å²) in [6.07, 6.45) is 3.92. The molecule has 3 N–H and O–H groups in total. The lowest BCUT2D eigenvalue weighted by Crippen LogP contribution is -2.34. The van der Waals surface area contributed by atoms with Crippen molar-refractivity contribution in [3.8, 4) is 11.5 Å². The third kappa shape index (κ3) is 11.8. The molecule has 1 heterocycles. The fraction of sp³-hybridized carbons (Fsp3) is 0.323. The molecule has 1 aromatic heterocycles. The van der Waals surface area contributed by atoms with E-state index >= 15 is 0 Å². The van der Waals surface area contributed by atoms with Crippen LogP contribution >= 0.6 is 11.8 Å². The zero-order valence-corrected chi connectivity index (χ0v) is 24.0. The summed E-state index contributed by atoms with van der Waals surface area (Å²) in [5, 5.41) is 15.0. The first-order valence-electron chi connectivity index (χ1n) is 13.2. The smallest absolute Gasteiger partial charge is 0.407 e. The predicted molar refractivity (Wildman–Crippen MR) is 158 cm³/mol. The van der Waals surface area contributed by atoms with Crippen molar-refractivity contribution >= 4 is 29.8 Å². The van der Waals surface area contributed by atoms with Crippen LogP contribution in [0.3, 0.4) is 0 Å². The molecular weight excluding hydrogens is 526 g/mol. The first-order valence-corrected chi connectivity index (χ1v) is 14.2. The third-order valence-electron chi connectivity index (χ3n) is 5.37. The summed E-state index contributed by atoms with van der Waals surface area (Å²) >= 11 is 1.60. The largest absolute Gasteiger partial charge is 0.508 e. The Morgan fingerprint density at radius 3 is 2.42 bits per heavy atom. The van der Waals surface area contributed by atoms with Crippen molar-refractivity contribution in [1.82, 2.24) is 15.6 Å². The lowest BCUT2D eigenvalue weighted by molar-refractivity contribution is -0.116. The quantitative estimate of drug-likeness (QED) is 0.138. The number of phenolic OH excluding ortho intramolecular Hbond substituents is 1. The molecule has 0 aliphatic carbocycles. The van der Waals surface area contributed by atoms with E-state index in [9.17, 15) is 14.7 Å². The van der Waals surface area contributed by atoms with Gasteiger partial charge in [0.2, 0.25) is 5.91 Å². The highest BCUT2D eigenvalue weighted by atomic mass is 32.2. The van der Waals surface area contributed by atoms with Gasteiger partial charge in [0.25, 0.3) is 0 Å². The number of nitrogens with zero attached hydrogens (tertiary/aromatic N) is 1. The van der Waals surface area contributed by atoms with Crippen molar-refractivity contribution in [1.29, 1.82) is 0 Å². The molecule has 40 heavy (non-hydrogen) atoms. The molecule has 0 aliphatic heterocycles. The summed E-state index contributed by atoms with van der Waals surface area (Å²) in [5.74, 6) is 1.18. The zero-order valence-electron chi connectivity index (χ0n) is 23.2. The fourth-order valence-electron chi connectivity index (χ4n) is 3.47. The Bertz CT molecular complexity index is 1260. The molecule has 0 unspecified atom stereocenters. The van der Waals surface area contributed by atoms with E-state index in [1.54, 1.807) is 50.7 Å².